The van der Waals surface area contributed by atoms with E-state index in [2.05, 4.69) is 59.6 Å². The maximum Gasteiger partial charge on any atom is 0.335 e. The lowest BCUT2D eigenvalue weighted by Gasteiger charge is -2.34. The molecule has 4 rings (SSSR count). The van der Waals surface area contributed by atoms with E-state index in [0.717, 1.165) is 12.2 Å². The van der Waals surface area contributed by atoms with Crippen molar-refractivity contribution in [1.82, 2.24) is 5.32 Å². The van der Waals surface area contributed by atoms with Gasteiger partial charge in [-0.1, -0.05) is 42.5 Å². The van der Waals surface area contributed by atoms with Crippen molar-refractivity contribution in [1.29, 1.82) is 0 Å². The first-order chi connectivity index (χ1) is 13.5. The second-order valence-corrected chi connectivity index (χ2v) is 7.31. The van der Waals surface area contributed by atoms with Gasteiger partial charge in [-0.3, -0.25) is 0 Å². The number of likely N-dealkylation sites (N-methyl/N-ethyl adjacent to an activating group) is 1. The molecule has 0 fully saturated rings. The predicted molar refractivity (Wildman–Crippen MR) is 111 cm³/mol. The summed E-state index contributed by atoms with van der Waals surface area (Å²) in [5.74, 6) is -0.322. The summed E-state index contributed by atoms with van der Waals surface area (Å²) in [5.41, 5.74) is 2.42. The van der Waals surface area contributed by atoms with Crippen molar-refractivity contribution in [3.63, 3.8) is 0 Å². The fraction of sp³-hybridized carbons (Fsp3) is 0.261. The first-order valence-corrected chi connectivity index (χ1v) is 9.49. The number of anilines is 1. The Kier molecular flexibility index (Phi) is 4.92. The van der Waals surface area contributed by atoms with Crippen LogP contribution in [0.2, 0.25) is 0 Å². The highest BCUT2D eigenvalue weighted by Crippen LogP contribution is 2.33. The first-order valence-electron chi connectivity index (χ1n) is 9.49. The Morgan fingerprint density at radius 1 is 1.21 bits per heavy atom. The minimum absolute atomic E-state index is 0.0565. The number of fused-ring (bicyclic) bond motifs is 2. The molecule has 2 unspecified atom stereocenters. The Morgan fingerprint density at radius 2 is 2.00 bits per heavy atom. The Balaban J connectivity index is 1.48. The third kappa shape index (κ3) is 3.53. The van der Waals surface area contributed by atoms with E-state index in [9.17, 15) is 9.90 Å². The summed E-state index contributed by atoms with van der Waals surface area (Å²) in [6, 6.07) is 20.0. The van der Waals surface area contributed by atoms with Crippen molar-refractivity contribution >= 4 is 22.4 Å². The second kappa shape index (κ2) is 7.52. The van der Waals surface area contributed by atoms with Crippen LogP contribution in [0.3, 0.4) is 0 Å². The number of carboxylic acid groups (broad SMARTS) is 1. The molecule has 0 radical (unpaired) electrons. The largest absolute Gasteiger partial charge is 0.485 e. The van der Waals surface area contributed by atoms with E-state index in [1.807, 2.05) is 7.05 Å². The fourth-order valence-corrected chi connectivity index (χ4v) is 3.83. The van der Waals surface area contributed by atoms with Gasteiger partial charge in [-0.2, -0.15) is 0 Å². The molecule has 2 atom stereocenters. The molecule has 28 heavy (non-hydrogen) atoms. The van der Waals surface area contributed by atoms with Crippen LogP contribution in [0, 0.1) is 0 Å². The van der Waals surface area contributed by atoms with Crippen LogP contribution >= 0.6 is 0 Å². The van der Waals surface area contributed by atoms with Gasteiger partial charge in [0.1, 0.15) is 11.9 Å². The summed E-state index contributed by atoms with van der Waals surface area (Å²) in [5, 5.41) is 15.3. The molecule has 0 aromatic heterocycles. The maximum atomic E-state index is 11.2. The van der Waals surface area contributed by atoms with Crippen molar-refractivity contribution in [2.24, 2.45) is 0 Å². The van der Waals surface area contributed by atoms with Crippen LogP contribution in [0.4, 0.5) is 5.69 Å². The van der Waals surface area contributed by atoms with Gasteiger partial charge in [0.25, 0.3) is 0 Å². The summed E-state index contributed by atoms with van der Waals surface area (Å²) >= 11 is 0. The molecule has 0 saturated carbocycles. The van der Waals surface area contributed by atoms with Crippen LogP contribution in [0.15, 0.2) is 60.7 Å². The van der Waals surface area contributed by atoms with Crippen molar-refractivity contribution in [3.8, 4) is 5.75 Å². The number of benzene rings is 3. The minimum atomic E-state index is -0.945. The topological polar surface area (TPSA) is 61.8 Å². The number of ether oxygens (including phenoxy) is 1. The molecule has 0 amide bonds. The normalized spacial score (nSPS) is 17.1. The fourth-order valence-electron chi connectivity index (χ4n) is 3.83. The minimum Gasteiger partial charge on any atom is -0.485 e. The van der Waals surface area contributed by atoms with Crippen LogP contribution < -0.4 is 15.0 Å². The SMILES string of the molecule is CC(NCC1CN(C)c2ccc(C(=O)O)cc2O1)c1cccc2ccccc12. The van der Waals surface area contributed by atoms with Gasteiger partial charge in [-0.15, -0.1) is 0 Å². The van der Waals surface area contributed by atoms with E-state index in [0.29, 0.717) is 12.3 Å². The van der Waals surface area contributed by atoms with Crippen molar-refractivity contribution in [2.75, 3.05) is 25.0 Å². The zero-order valence-corrected chi connectivity index (χ0v) is 16.1. The third-order valence-corrected chi connectivity index (χ3v) is 5.33. The first kappa shape index (κ1) is 18.3. The monoisotopic (exact) mass is 376 g/mol. The van der Waals surface area contributed by atoms with Crippen molar-refractivity contribution < 1.29 is 14.6 Å². The Morgan fingerprint density at radius 3 is 2.82 bits per heavy atom. The molecule has 3 aromatic carbocycles. The van der Waals surface area contributed by atoms with Crippen LogP contribution in [-0.4, -0.2) is 37.3 Å². The summed E-state index contributed by atoms with van der Waals surface area (Å²) < 4.78 is 6.10. The molecule has 0 bridgehead atoms. The number of hydrogen-bond donors (Lipinski definition) is 2. The van der Waals surface area contributed by atoms with E-state index in [1.165, 1.54) is 16.3 Å². The van der Waals surface area contributed by atoms with Gasteiger partial charge in [0.05, 0.1) is 17.8 Å². The van der Waals surface area contributed by atoms with Crippen molar-refractivity contribution in [2.45, 2.75) is 19.1 Å². The number of aromatic carboxylic acids is 1. The van der Waals surface area contributed by atoms with E-state index < -0.39 is 5.97 Å². The number of hydrogen-bond acceptors (Lipinski definition) is 4. The third-order valence-electron chi connectivity index (χ3n) is 5.33. The number of nitrogens with one attached hydrogen (secondary N) is 1. The average molecular weight is 376 g/mol. The maximum absolute atomic E-state index is 11.2. The lowest BCUT2D eigenvalue weighted by molar-refractivity contribution is 0.0696. The second-order valence-electron chi connectivity index (χ2n) is 7.31. The summed E-state index contributed by atoms with van der Waals surface area (Å²) in [6.07, 6.45) is -0.0565. The number of carbonyl (C=O) groups is 1. The Hall–Kier alpha value is -3.05. The van der Waals surface area contributed by atoms with Crippen LogP contribution in [-0.2, 0) is 0 Å². The molecule has 1 aliphatic heterocycles. The number of rotatable bonds is 5. The Labute approximate surface area is 164 Å². The summed E-state index contributed by atoms with van der Waals surface area (Å²) in [7, 11) is 2.00. The highest BCUT2D eigenvalue weighted by molar-refractivity contribution is 5.89. The molecule has 144 valence electrons. The van der Waals surface area contributed by atoms with Gasteiger partial charge in [0.2, 0.25) is 0 Å². The highest BCUT2D eigenvalue weighted by atomic mass is 16.5. The predicted octanol–water partition coefficient (Wildman–Crippen LogP) is 4.09. The molecular weight excluding hydrogens is 352 g/mol. The number of carboxylic acids is 1. The molecule has 3 aromatic rings. The van der Waals surface area contributed by atoms with E-state index in [4.69, 9.17) is 4.74 Å². The zero-order chi connectivity index (χ0) is 19.7. The lowest BCUT2D eigenvalue weighted by Crippen LogP contribution is -2.44. The van der Waals surface area contributed by atoms with E-state index in [-0.39, 0.29) is 17.7 Å². The highest BCUT2D eigenvalue weighted by Gasteiger charge is 2.25. The molecule has 0 saturated heterocycles. The van der Waals surface area contributed by atoms with Crippen molar-refractivity contribution in [3.05, 3.63) is 71.8 Å². The zero-order valence-electron chi connectivity index (χ0n) is 16.1. The van der Waals surface area contributed by atoms with Gasteiger partial charge < -0.3 is 20.1 Å². The quantitative estimate of drug-likeness (QED) is 0.702. The van der Waals surface area contributed by atoms with Gasteiger partial charge >= 0.3 is 5.97 Å². The molecule has 2 N–H and O–H groups in total. The van der Waals surface area contributed by atoms with Gasteiger partial charge in [-0.25, -0.2) is 4.79 Å². The molecule has 5 heteroatoms. The van der Waals surface area contributed by atoms with Gasteiger partial charge in [0, 0.05) is 19.6 Å². The molecule has 5 nitrogen and oxygen atoms in total. The molecule has 1 heterocycles. The lowest BCUT2D eigenvalue weighted by atomic mass is 9.99. The van der Waals surface area contributed by atoms with Crippen LogP contribution in [0.1, 0.15) is 28.9 Å². The van der Waals surface area contributed by atoms with E-state index in [1.54, 1.807) is 18.2 Å². The number of nitrogens with zero attached hydrogens (tertiary/aromatic N) is 1. The summed E-state index contributed by atoms with van der Waals surface area (Å²) in [6.45, 7) is 3.57. The van der Waals surface area contributed by atoms with Crippen LogP contribution in [0.25, 0.3) is 10.8 Å². The molecule has 1 aliphatic rings. The molecule has 0 spiro atoms. The summed E-state index contributed by atoms with van der Waals surface area (Å²) in [4.78, 5) is 13.4. The van der Waals surface area contributed by atoms with E-state index >= 15 is 0 Å². The molecule has 0 aliphatic carbocycles. The molecular formula is C23H24N2O3. The standard InChI is InChI=1S/C23H24N2O3/c1-15(19-9-5-7-16-6-3-4-8-20(16)19)24-13-18-14-25(2)21-11-10-17(23(26)27)12-22(21)28-18/h3-12,15,18,24H,13-14H2,1-2H3,(H,26,27). The smallest absolute Gasteiger partial charge is 0.335 e. The van der Waals surface area contributed by atoms with Crippen LogP contribution in [0.5, 0.6) is 5.75 Å². The average Bonchev–Trinajstić information content (AvgIpc) is 2.71. The van der Waals surface area contributed by atoms with Gasteiger partial charge in [0.15, 0.2) is 0 Å². The Bertz CT molecular complexity index is 1010. The van der Waals surface area contributed by atoms with Gasteiger partial charge in [-0.05, 0) is 41.5 Å².